The number of para-hydroxylation sites is 2. The Balaban J connectivity index is 1.61. The van der Waals surface area contributed by atoms with Crippen LogP contribution in [0.1, 0.15) is 32.0 Å². The number of H-pyrrole nitrogens is 1. The molecular weight excluding hydrogens is 278 g/mol. The second kappa shape index (κ2) is 6.92. The molecule has 0 radical (unpaired) electrons. The van der Waals surface area contributed by atoms with Crippen LogP contribution in [0.3, 0.4) is 0 Å². The van der Waals surface area contributed by atoms with Crippen molar-refractivity contribution in [3.05, 3.63) is 30.1 Å². The molecular formula is C17H23N3O2. The topological polar surface area (TPSA) is 58.2 Å². The van der Waals surface area contributed by atoms with E-state index in [2.05, 4.69) is 16.9 Å². The summed E-state index contributed by atoms with van der Waals surface area (Å²) in [5.74, 6) is 1.09. The molecule has 3 rings (SSSR count). The maximum atomic E-state index is 12.5. The van der Waals surface area contributed by atoms with Gasteiger partial charge in [0.2, 0.25) is 5.91 Å². The SMILES string of the molecule is CCC[C@H]1COCCN1C(=O)CCc1nc2ccccc2[nH]1. The van der Waals surface area contributed by atoms with E-state index in [1.54, 1.807) is 0 Å². The zero-order valence-electron chi connectivity index (χ0n) is 13.0. The molecule has 5 heteroatoms. The summed E-state index contributed by atoms with van der Waals surface area (Å²) in [4.78, 5) is 22.3. The Morgan fingerprint density at radius 1 is 1.45 bits per heavy atom. The minimum atomic E-state index is 0.210. The van der Waals surface area contributed by atoms with Gasteiger partial charge in [0, 0.05) is 19.4 Å². The van der Waals surface area contributed by atoms with Gasteiger partial charge in [0.05, 0.1) is 30.3 Å². The number of rotatable bonds is 5. The van der Waals surface area contributed by atoms with E-state index >= 15 is 0 Å². The van der Waals surface area contributed by atoms with Crippen LogP contribution in [-0.2, 0) is 16.0 Å². The van der Waals surface area contributed by atoms with Gasteiger partial charge in [-0.2, -0.15) is 0 Å². The maximum absolute atomic E-state index is 12.5. The minimum Gasteiger partial charge on any atom is -0.377 e. The van der Waals surface area contributed by atoms with Crippen LogP contribution in [-0.4, -0.2) is 46.6 Å². The summed E-state index contributed by atoms with van der Waals surface area (Å²) >= 11 is 0. The number of amides is 1. The quantitative estimate of drug-likeness (QED) is 0.923. The predicted octanol–water partition coefficient (Wildman–Crippen LogP) is 2.52. The van der Waals surface area contributed by atoms with Gasteiger partial charge in [-0.05, 0) is 18.6 Å². The number of imidazole rings is 1. The van der Waals surface area contributed by atoms with Gasteiger partial charge in [0.1, 0.15) is 5.82 Å². The first-order valence-corrected chi connectivity index (χ1v) is 8.08. The van der Waals surface area contributed by atoms with E-state index < -0.39 is 0 Å². The van der Waals surface area contributed by atoms with Crippen molar-refractivity contribution in [2.45, 2.75) is 38.6 Å². The number of aryl methyl sites for hydroxylation is 1. The molecule has 1 amide bonds. The molecule has 0 saturated carbocycles. The van der Waals surface area contributed by atoms with E-state index in [4.69, 9.17) is 4.74 Å². The lowest BCUT2D eigenvalue weighted by Gasteiger charge is -2.35. The van der Waals surface area contributed by atoms with Gasteiger partial charge in [-0.1, -0.05) is 25.5 Å². The molecule has 0 unspecified atom stereocenters. The number of benzene rings is 1. The fourth-order valence-electron chi connectivity index (χ4n) is 3.05. The Bertz CT molecular complexity index is 603. The van der Waals surface area contributed by atoms with Crippen molar-refractivity contribution in [1.82, 2.24) is 14.9 Å². The first-order chi connectivity index (χ1) is 10.8. The summed E-state index contributed by atoms with van der Waals surface area (Å²) in [6.07, 6.45) is 3.24. The van der Waals surface area contributed by atoms with Crippen molar-refractivity contribution < 1.29 is 9.53 Å². The lowest BCUT2D eigenvalue weighted by molar-refractivity contribution is -0.140. The molecule has 0 aliphatic carbocycles. The van der Waals surface area contributed by atoms with Gasteiger partial charge in [0.25, 0.3) is 0 Å². The Hall–Kier alpha value is -1.88. The van der Waals surface area contributed by atoms with Crippen LogP contribution in [0, 0.1) is 0 Å². The third-order valence-corrected chi connectivity index (χ3v) is 4.18. The molecule has 2 heterocycles. The third kappa shape index (κ3) is 3.30. The number of carbonyl (C=O) groups excluding carboxylic acids is 1. The number of hydrogen-bond acceptors (Lipinski definition) is 3. The predicted molar refractivity (Wildman–Crippen MR) is 85.6 cm³/mol. The van der Waals surface area contributed by atoms with Gasteiger partial charge in [-0.15, -0.1) is 0 Å². The Kier molecular flexibility index (Phi) is 4.73. The normalized spacial score (nSPS) is 18.8. The van der Waals surface area contributed by atoms with Crippen LogP contribution < -0.4 is 0 Å². The molecule has 22 heavy (non-hydrogen) atoms. The summed E-state index contributed by atoms with van der Waals surface area (Å²) in [6, 6.07) is 8.19. The highest BCUT2D eigenvalue weighted by atomic mass is 16.5. The lowest BCUT2D eigenvalue weighted by Crippen LogP contribution is -2.48. The molecule has 5 nitrogen and oxygen atoms in total. The smallest absolute Gasteiger partial charge is 0.223 e. The number of morpholine rings is 1. The molecule has 2 aromatic rings. The number of aromatic amines is 1. The fraction of sp³-hybridized carbons (Fsp3) is 0.529. The standard InChI is InChI=1S/C17H23N3O2/c1-2-5-13-12-22-11-10-20(13)17(21)9-8-16-18-14-6-3-4-7-15(14)19-16/h3-4,6-7,13H,2,5,8-12H2,1H3,(H,18,19)/t13-/m0/s1. The summed E-state index contributed by atoms with van der Waals surface area (Å²) in [7, 11) is 0. The zero-order valence-corrected chi connectivity index (χ0v) is 13.0. The van der Waals surface area contributed by atoms with E-state index in [1.807, 2.05) is 29.2 Å². The summed E-state index contributed by atoms with van der Waals surface area (Å²) in [6.45, 7) is 4.18. The van der Waals surface area contributed by atoms with Crippen molar-refractivity contribution in [2.75, 3.05) is 19.8 Å². The molecule has 0 bridgehead atoms. The first-order valence-electron chi connectivity index (χ1n) is 8.08. The van der Waals surface area contributed by atoms with Crippen molar-refractivity contribution in [1.29, 1.82) is 0 Å². The van der Waals surface area contributed by atoms with Gasteiger partial charge in [-0.3, -0.25) is 4.79 Å². The van der Waals surface area contributed by atoms with Gasteiger partial charge < -0.3 is 14.6 Å². The van der Waals surface area contributed by atoms with E-state index in [9.17, 15) is 4.79 Å². The van der Waals surface area contributed by atoms with Gasteiger partial charge in [-0.25, -0.2) is 4.98 Å². The molecule has 1 atom stereocenters. The molecule has 1 N–H and O–H groups in total. The highest BCUT2D eigenvalue weighted by molar-refractivity contribution is 5.77. The molecule has 1 aliphatic rings. The molecule has 118 valence electrons. The number of aromatic nitrogens is 2. The number of nitrogens with one attached hydrogen (secondary N) is 1. The van der Waals surface area contributed by atoms with Crippen LogP contribution in [0.25, 0.3) is 11.0 Å². The van der Waals surface area contributed by atoms with E-state index in [-0.39, 0.29) is 11.9 Å². The molecule has 1 saturated heterocycles. The fourth-order valence-corrected chi connectivity index (χ4v) is 3.05. The third-order valence-electron chi connectivity index (χ3n) is 4.18. The molecule has 1 fully saturated rings. The monoisotopic (exact) mass is 301 g/mol. The highest BCUT2D eigenvalue weighted by Crippen LogP contribution is 2.16. The number of fused-ring (bicyclic) bond motifs is 1. The number of nitrogens with zero attached hydrogens (tertiary/aromatic N) is 2. The van der Waals surface area contributed by atoms with Crippen LogP contribution in [0.4, 0.5) is 0 Å². The van der Waals surface area contributed by atoms with Crippen molar-refractivity contribution >= 4 is 16.9 Å². The Labute approximate surface area is 130 Å². The second-order valence-electron chi connectivity index (χ2n) is 5.81. The van der Waals surface area contributed by atoms with Crippen LogP contribution in [0.2, 0.25) is 0 Å². The number of hydrogen-bond donors (Lipinski definition) is 1. The maximum Gasteiger partial charge on any atom is 0.223 e. The minimum absolute atomic E-state index is 0.210. The summed E-state index contributed by atoms with van der Waals surface area (Å²) in [5, 5.41) is 0. The molecule has 1 aromatic heterocycles. The Morgan fingerprint density at radius 2 is 2.32 bits per heavy atom. The van der Waals surface area contributed by atoms with Crippen LogP contribution in [0.5, 0.6) is 0 Å². The molecule has 1 aliphatic heterocycles. The molecule has 0 spiro atoms. The number of ether oxygens (including phenoxy) is 1. The van der Waals surface area contributed by atoms with E-state index in [1.165, 1.54) is 0 Å². The van der Waals surface area contributed by atoms with E-state index in [0.717, 1.165) is 29.7 Å². The van der Waals surface area contributed by atoms with Crippen LogP contribution in [0.15, 0.2) is 24.3 Å². The van der Waals surface area contributed by atoms with E-state index in [0.29, 0.717) is 32.6 Å². The van der Waals surface area contributed by atoms with Crippen LogP contribution >= 0.6 is 0 Å². The molecule has 1 aromatic carbocycles. The van der Waals surface area contributed by atoms with Gasteiger partial charge in [0.15, 0.2) is 0 Å². The highest BCUT2D eigenvalue weighted by Gasteiger charge is 2.26. The summed E-state index contributed by atoms with van der Waals surface area (Å²) in [5.41, 5.74) is 1.99. The largest absolute Gasteiger partial charge is 0.377 e. The summed E-state index contributed by atoms with van der Waals surface area (Å²) < 4.78 is 5.51. The lowest BCUT2D eigenvalue weighted by atomic mass is 10.1. The van der Waals surface area contributed by atoms with Gasteiger partial charge >= 0.3 is 0 Å². The Morgan fingerprint density at radius 3 is 3.14 bits per heavy atom. The average molecular weight is 301 g/mol. The average Bonchev–Trinajstić information content (AvgIpc) is 2.96. The second-order valence-corrected chi connectivity index (χ2v) is 5.81. The van der Waals surface area contributed by atoms with Crippen molar-refractivity contribution in [2.24, 2.45) is 0 Å². The zero-order chi connectivity index (χ0) is 15.4. The number of carbonyl (C=O) groups is 1. The first kappa shape index (κ1) is 15.0. The van der Waals surface area contributed by atoms with Crippen molar-refractivity contribution in [3.63, 3.8) is 0 Å². The van der Waals surface area contributed by atoms with Crippen molar-refractivity contribution in [3.8, 4) is 0 Å².